The van der Waals surface area contributed by atoms with Gasteiger partial charge in [-0.25, -0.2) is 13.2 Å². The van der Waals surface area contributed by atoms with E-state index in [9.17, 15) is 18.0 Å². The fourth-order valence-corrected chi connectivity index (χ4v) is 4.27. The molecule has 0 aromatic heterocycles. The molecule has 2 aromatic rings. The first-order valence-corrected chi connectivity index (χ1v) is 11.3. The van der Waals surface area contributed by atoms with E-state index in [1.165, 1.54) is 49.5 Å². The van der Waals surface area contributed by atoms with E-state index in [1.807, 2.05) is 6.92 Å². The van der Waals surface area contributed by atoms with Gasteiger partial charge in [0, 0.05) is 17.8 Å². The highest BCUT2D eigenvalue weighted by atomic mass is 35.5. The smallest absolute Gasteiger partial charge is 0.338 e. The number of carbonyl (C=O) groups excluding carboxylic acids is 2. The van der Waals surface area contributed by atoms with Crippen molar-refractivity contribution in [2.24, 2.45) is 0 Å². The quantitative estimate of drug-likeness (QED) is 0.435. The van der Waals surface area contributed by atoms with Crippen molar-refractivity contribution in [2.45, 2.75) is 24.7 Å². The van der Waals surface area contributed by atoms with Crippen LogP contribution in [0, 0.1) is 0 Å². The van der Waals surface area contributed by atoms with E-state index in [4.69, 9.17) is 27.9 Å². The molecule has 0 unspecified atom stereocenters. The summed E-state index contributed by atoms with van der Waals surface area (Å²) < 4.78 is 31.3. The lowest BCUT2D eigenvalue weighted by Crippen LogP contribution is -2.35. The van der Waals surface area contributed by atoms with Crippen LogP contribution in [0.25, 0.3) is 0 Å². The van der Waals surface area contributed by atoms with E-state index in [1.54, 1.807) is 0 Å². The van der Waals surface area contributed by atoms with E-state index in [-0.39, 0.29) is 14.9 Å². The van der Waals surface area contributed by atoms with Crippen LogP contribution in [-0.2, 0) is 19.6 Å². The summed E-state index contributed by atoms with van der Waals surface area (Å²) in [6, 6.07) is 10.2. The molecule has 0 atom stereocenters. The zero-order valence-electron chi connectivity index (χ0n) is 16.5. The van der Waals surface area contributed by atoms with Gasteiger partial charge in [0.25, 0.3) is 0 Å². The van der Waals surface area contributed by atoms with Crippen molar-refractivity contribution in [3.05, 3.63) is 58.1 Å². The number of likely N-dealkylation sites (N-methyl/N-ethyl adjacent to an activating group) is 1. The van der Waals surface area contributed by atoms with Gasteiger partial charge in [0.15, 0.2) is 0 Å². The van der Waals surface area contributed by atoms with Crippen molar-refractivity contribution in [1.29, 1.82) is 0 Å². The number of carbonyl (C=O) groups is 2. The monoisotopic (exact) mass is 472 g/mol. The fourth-order valence-electron chi connectivity index (χ4n) is 2.41. The number of anilines is 1. The topological polar surface area (TPSA) is 92.8 Å². The number of nitrogens with one attached hydrogen (secondary N) is 1. The summed E-state index contributed by atoms with van der Waals surface area (Å²) in [6.07, 6.45) is 1.71. The molecule has 0 saturated carbocycles. The minimum atomic E-state index is -4.01. The lowest BCUT2D eigenvalue weighted by Gasteiger charge is -2.18. The highest BCUT2D eigenvalue weighted by molar-refractivity contribution is 7.89. The van der Waals surface area contributed by atoms with Gasteiger partial charge in [-0.15, -0.1) is 0 Å². The van der Waals surface area contributed by atoms with Gasteiger partial charge in [-0.3, -0.25) is 4.79 Å². The first-order chi connectivity index (χ1) is 14.1. The standard InChI is InChI=1S/C20H22Cl2N2O5S/c1-3-4-11-29-20(26)14-5-8-16(9-6-14)23-19(25)13-24(2)30(27,28)18-12-15(21)7-10-17(18)22/h5-10,12H,3-4,11,13H2,1-2H3,(H,23,25). The SMILES string of the molecule is CCCCOC(=O)c1ccc(NC(=O)CN(C)S(=O)(=O)c2cc(Cl)ccc2Cl)cc1. The minimum absolute atomic E-state index is 0.00747. The summed E-state index contributed by atoms with van der Waals surface area (Å²) in [5.41, 5.74) is 0.774. The molecule has 0 fully saturated rings. The predicted molar refractivity (Wildman–Crippen MR) is 117 cm³/mol. The normalized spacial score (nSPS) is 11.4. The average Bonchev–Trinajstić information content (AvgIpc) is 2.70. The third kappa shape index (κ3) is 6.43. The highest BCUT2D eigenvalue weighted by Crippen LogP contribution is 2.27. The molecule has 0 bridgehead atoms. The van der Waals surface area contributed by atoms with Crippen molar-refractivity contribution < 1.29 is 22.7 Å². The molecular weight excluding hydrogens is 451 g/mol. The largest absolute Gasteiger partial charge is 0.462 e. The van der Waals surface area contributed by atoms with E-state index in [0.717, 1.165) is 17.1 Å². The first-order valence-electron chi connectivity index (χ1n) is 9.13. The summed E-state index contributed by atoms with van der Waals surface area (Å²) in [5, 5.41) is 2.80. The molecular formula is C20H22Cl2N2O5S. The predicted octanol–water partition coefficient (Wildman–Crippen LogP) is 4.21. The highest BCUT2D eigenvalue weighted by Gasteiger charge is 2.25. The lowest BCUT2D eigenvalue weighted by molar-refractivity contribution is -0.116. The molecule has 162 valence electrons. The zero-order chi connectivity index (χ0) is 22.3. The van der Waals surface area contributed by atoms with Crippen LogP contribution in [-0.4, -0.2) is 44.8 Å². The third-order valence-electron chi connectivity index (χ3n) is 4.08. The summed E-state index contributed by atoms with van der Waals surface area (Å²) in [4.78, 5) is 24.0. The Labute approximate surface area is 186 Å². The number of benzene rings is 2. The van der Waals surface area contributed by atoms with Crippen molar-refractivity contribution in [2.75, 3.05) is 25.5 Å². The molecule has 7 nitrogen and oxygen atoms in total. The molecule has 0 aliphatic heterocycles. The molecule has 0 aliphatic carbocycles. The van der Waals surface area contributed by atoms with Crippen molar-refractivity contribution in [1.82, 2.24) is 4.31 Å². The second-order valence-corrected chi connectivity index (χ2v) is 9.31. The second kappa shape index (κ2) is 10.8. The van der Waals surface area contributed by atoms with Crippen LogP contribution in [0.2, 0.25) is 10.0 Å². The Balaban J connectivity index is 1.99. The van der Waals surface area contributed by atoms with Crippen molar-refractivity contribution in [3.8, 4) is 0 Å². The van der Waals surface area contributed by atoms with Crippen LogP contribution in [0.3, 0.4) is 0 Å². The number of ether oxygens (including phenoxy) is 1. The van der Waals surface area contributed by atoms with E-state index in [2.05, 4.69) is 5.32 Å². The summed E-state index contributed by atoms with van der Waals surface area (Å²) in [5.74, 6) is -0.997. The Morgan fingerprint density at radius 1 is 1.10 bits per heavy atom. The molecule has 0 heterocycles. The van der Waals surface area contributed by atoms with Gasteiger partial charge < -0.3 is 10.1 Å². The van der Waals surface area contributed by atoms with Crippen molar-refractivity contribution in [3.63, 3.8) is 0 Å². The third-order valence-corrected chi connectivity index (χ3v) is 6.60. The maximum atomic E-state index is 12.7. The Kier molecular flexibility index (Phi) is 8.66. The summed E-state index contributed by atoms with van der Waals surface area (Å²) >= 11 is 11.8. The van der Waals surface area contributed by atoms with E-state index >= 15 is 0 Å². The maximum Gasteiger partial charge on any atom is 0.338 e. The van der Waals surface area contributed by atoms with Crippen LogP contribution in [0.5, 0.6) is 0 Å². The lowest BCUT2D eigenvalue weighted by atomic mass is 10.2. The fraction of sp³-hybridized carbons (Fsp3) is 0.300. The Bertz CT molecular complexity index is 1010. The van der Waals surface area contributed by atoms with Crippen LogP contribution in [0.1, 0.15) is 30.1 Å². The van der Waals surface area contributed by atoms with Gasteiger partial charge in [0.05, 0.1) is 23.7 Å². The number of hydrogen-bond acceptors (Lipinski definition) is 5. The number of rotatable bonds is 9. The number of hydrogen-bond donors (Lipinski definition) is 1. The number of nitrogens with zero attached hydrogens (tertiary/aromatic N) is 1. The van der Waals surface area contributed by atoms with E-state index < -0.39 is 28.4 Å². The van der Waals surface area contributed by atoms with Gasteiger partial charge in [-0.05, 0) is 48.9 Å². The summed E-state index contributed by atoms with van der Waals surface area (Å²) in [7, 11) is -2.75. The van der Waals surface area contributed by atoms with Crippen LogP contribution < -0.4 is 5.32 Å². The molecule has 0 aliphatic rings. The Hall–Kier alpha value is -2.13. The number of amides is 1. The molecule has 2 aromatic carbocycles. The zero-order valence-corrected chi connectivity index (χ0v) is 18.9. The molecule has 1 amide bonds. The van der Waals surface area contributed by atoms with E-state index in [0.29, 0.717) is 17.9 Å². The minimum Gasteiger partial charge on any atom is -0.462 e. The molecule has 30 heavy (non-hydrogen) atoms. The van der Waals surface area contributed by atoms with Gasteiger partial charge in [-0.1, -0.05) is 36.5 Å². The molecule has 10 heteroatoms. The second-order valence-electron chi connectivity index (χ2n) is 6.45. The van der Waals surface area contributed by atoms with Crippen LogP contribution in [0.15, 0.2) is 47.4 Å². The number of esters is 1. The Morgan fingerprint density at radius 3 is 2.40 bits per heavy atom. The summed E-state index contributed by atoms with van der Waals surface area (Å²) in [6.45, 7) is 1.91. The molecule has 0 spiro atoms. The average molecular weight is 473 g/mol. The van der Waals surface area contributed by atoms with Crippen LogP contribution >= 0.6 is 23.2 Å². The van der Waals surface area contributed by atoms with Crippen molar-refractivity contribution >= 4 is 50.8 Å². The molecule has 2 rings (SSSR count). The molecule has 1 N–H and O–H groups in total. The van der Waals surface area contributed by atoms with Gasteiger partial charge in [-0.2, -0.15) is 4.31 Å². The number of sulfonamides is 1. The van der Waals surface area contributed by atoms with Gasteiger partial charge >= 0.3 is 5.97 Å². The Morgan fingerprint density at radius 2 is 1.77 bits per heavy atom. The molecule has 0 saturated heterocycles. The first kappa shape index (κ1) is 24.1. The van der Waals surface area contributed by atoms with Crippen LogP contribution in [0.4, 0.5) is 5.69 Å². The number of unbranched alkanes of at least 4 members (excludes halogenated alkanes) is 1. The molecule has 0 radical (unpaired) electrons. The maximum absolute atomic E-state index is 12.7. The van der Waals surface area contributed by atoms with Gasteiger partial charge in [0.2, 0.25) is 15.9 Å². The van der Waals surface area contributed by atoms with Gasteiger partial charge in [0.1, 0.15) is 4.90 Å². The number of halogens is 2.